The van der Waals surface area contributed by atoms with Gasteiger partial charge in [0.05, 0.1) is 32.1 Å². The van der Waals surface area contributed by atoms with Crippen molar-refractivity contribution in [3.05, 3.63) is 12.1 Å². The van der Waals surface area contributed by atoms with Gasteiger partial charge in [-0.1, -0.05) is 0 Å². The number of nitrogen functional groups attached to an aromatic ring is 1. The molecule has 7 nitrogen and oxygen atoms in total. The molecule has 0 bridgehead atoms. The van der Waals surface area contributed by atoms with Crippen molar-refractivity contribution < 1.29 is 23.0 Å². The minimum absolute atomic E-state index is 0.0666. The Balaban J connectivity index is 2.42. The second-order valence-corrected chi connectivity index (χ2v) is 6.79. The number of hydrogen-bond donors (Lipinski definition) is 3. The average Bonchev–Trinajstić information content (AvgIpc) is 2.42. The third kappa shape index (κ3) is 2.92. The van der Waals surface area contributed by atoms with Gasteiger partial charge in [0.2, 0.25) is 10.0 Å². The molecule has 118 valence electrons. The topological polar surface area (TPSA) is 111 Å². The molecule has 0 unspecified atom stereocenters. The van der Waals surface area contributed by atoms with Crippen LogP contribution in [-0.4, -0.2) is 39.9 Å². The SMILES string of the molecule is COc1cc(OC)c(S(=O)(=O)NC2(CO)CCC2)cc1N. The molecule has 0 spiro atoms. The van der Waals surface area contributed by atoms with Crippen LogP contribution in [0.15, 0.2) is 17.0 Å². The lowest BCUT2D eigenvalue weighted by Crippen LogP contribution is -2.55. The van der Waals surface area contributed by atoms with Crippen molar-refractivity contribution >= 4 is 15.7 Å². The number of sulfonamides is 1. The highest BCUT2D eigenvalue weighted by molar-refractivity contribution is 7.89. The van der Waals surface area contributed by atoms with E-state index in [0.717, 1.165) is 6.42 Å². The molecule has 0 amide bonds. The summed E-state index contributed by atoms with van der Waals surface area (Å²) in [4.78, 5) is -0.0666. The van der Waals surface area contributed by atoms with Gasteiger partial charge >= 0.3 is 0 Å². The van der Waals surface area contributed by atoms with Crippen LogP contribution >= 0.6 is 0 Å². The standard InChI is InChI=1S/C13H20N2O5S/c1-19-10-7-11(20-2)12(6-9(10)14)21(17,18)15-13(8-16)4-3-5-13/h6-7,15-16H,3-5,8,14H2,1-2H3. The predicted molar refractivity (Wildman–Crippen MR) is 77.9 cm³/mol. The largest absolute Gasteiger partial charge is 0.495 e. The summed E-state index contributed by atoms with van der Waals surface area (Å²) in [6.45, 7) is -0.236. The Labute approximate surface area is 124 Å². The molecule has 0 aromatic heterocycles. The van der Waals surface area contributed by atoms with Crippen molar-refractivity contribution in [3.63, 3.8) is 0 Å². The van der Waals surface area contributed by atoms with Crippen LogP contribution in [0.1, 0.15) is 19.3 Å². The van der Waals surface area contributed by atoms with Crippen LogP contribution in [-0.2, 0) is 10.0 Å². The number of methoxy groups -OCH3 is 2. The molecule has 8 heteroatoms. The number of aliphatic hydroxyl groups is 1. The molecule has 0 radical (unpaired) electrons. The summed E-state index contributed by atoms with van der Waals surface area (Å²) >= 11 is 0. The highest BCUT2D eigenvalue weighted by atomic mass is 32.2. The second-order valence-electron chi connectivity index (χ2n) is 5.14. The number of aliphatic hydroxyl groups excluding tert-OH is 1. The van der Waals surface area contributed by atoms with Gasteiger partial charge in [-0.2, -0.15) is 0 Å². The van der Waals surface area contributed by atoms with Crippen molar-refractivity contribution in [3.8, 4) is 11.5 Å². The predicted octanol–water partition coefficient (Wildman–Crippen LogP) is 0.479. The Morgan fingerprint density at radius 3 is 2.33 bits per heavy atom. The number of benzene rings is 1. The zero-order valence-electron chi connectivity index (χ0n) is 12.0. The number of rotatable bonds is 6. The molecule has 21 heavy (non-hydrogen) atoms. The van der Waals surface area contributed by atoms with Crippen molar-refractivity contribution in [1.29, 1.82) is 0 Å². The molecule has 1 fully saturated rings. The van der Waals surface area contributed by atoms with Gasteiger partial charge in [-0.15, -0.1) is 0 Å². The summed E-state index contributed by atoms with van der Waals surface area (Å²) in [5.41, 5.74) is 5.19. The summed E-state index contributed by atoms with van der Waals surface area (Å²) in [7, 11) is -1.04. The fourth-order valence-corrected chi connectivity index (χ4v) is 3.98. The molecule has 1 aliphatic carbocycles. The normalized spacial score (nSPS) is 17.1. The fourth-order valence-electron chi connectivity index (χ4n) is 2.34. The van der Waals surface area contributed by atoms with Gasteiger partial charge < -0.3 is 20.3 Å². The van der Waals surface area contributed by atoms with Crippen molar-refractivity contribution in [2.75, 3.05) is 26.6 Å². The first kappa shape index (κ1) is 15.9. The quantitative estimate of drug-likeness (QED) is 0.658. The maximum absolute atomic E-state index is 12.5. The number of nitrogens with one attached hydrogen (secondary N) is 1. The Bertz CT molecular complexity index is 620. The van der Waals surface area contributed by atoms with E-state index in [1.54, 1.807) is 0 Å². The summed E-state index contributed by atoms with van der Waals surface area (Å²) in [5.74, 6) is 0.479. The molecule has 0 atom stereocenters. The van der Waals surface area contributed by atoms with Crippen LogP contribution in [0, 0.1) is 0 Å². The van der Waals surface area contributed by atoms with Crippen LogP contribution in [0.25, 0.3) is 0 Å². The van der Waals surface area contributed by atoms with E-state index in [2.05, 4.69) is 4.72 Å². The molecule has 1 saturated carbocycles. The van der Waals surface area contributed by atoms with Gasteiger partial charge in [0.25, 0.3) is 0 Å². The highest BCUT2D eigenvalue weighted by Gasteiger charge is 2.41. The molecule has 0 aliphatic heterocycles. The summed E-state index contributed by atoms with van der Waals surface area (Å²) in [6.07, 6.45) is 2.10. The molecule has 1 aliphatic rings. The van der Waals surface area contributed by atoms with Crippen molar-refractivity contribution in [2.24, 2.45) is 0 Å². The summed E-state index contributed by atoms with van der Waals surface area (Å²) < 4.78 is 37.8. The molecule has 2 rings (SSSR count). The molecule has 4 N–H and O–H groups in total. The first-order valence-corrected chi connectivity index (χ1v) is 8.02. The van der Waals surface area contributed by atoms with Gasteiger partial charge in [-0.25, -0.2) is 13.1 Å². The zero-order chi connectivity index (χ0) is 15.7. The van der Waals surface area contributed by atoms with Crippen LogP contribution in [0.5, 0.6) is 11.5 Å². The first-order valence-electron chi connectivity index (χ1n) is 6.54. The van der Waals surface area contributed by atoms with E-state index in [0.29, 0.717) is 18.6 Å². The van der Waals surface area contributed by atoms with Gasteiger partial charge in [-0.3, -0.25) is 0 Å². The number of anilines is 1. The molecule has 1 aromatic rings. The summed E-state index contributed by atoms with van der Waals surface area (Å²) in [5, 5.41) is 9.41. The van der Waals surface area contributed by atoms with Crippen LogP contribution in [0.3, 0.4) is 0 Å². The van der Waals surface area contributed by atoms with Crippen molar-refractivity contribution in [1.82, 2.24) is 4.72 Å². The zero-order valence-corrected chi connectivity index (χ0v) is 12.9. The third-order valence-electron chi connectivity index (χ3n) is 3.77. The van der Waals surface area contributed by atoms with Gasteiger partial charge in [0, 0.05) is 6.07 Å². The maximum atomic E-state index is 12.5. The van der Waals surface area contributed by atoms with E-state index in [1.807, 2.05) is 0 Å². The Morgan fingerprint density at radius 1 is 1.29 bits per heavy atom. The molecule has 0 saturated heterocycles. The second kappa shape index (κ2) is 5.70. The smallest absolute Gasteiger partial charge is 0.244 e. The number of hydrogen-bond acceptors (Lipinski definition) is 6. The minimum Gasteiger partial charge on any atom is -0.495 e. The highest BCUT2D eigenvalue weighted by Crippen LogP contribution is 2.37. The van der Waals surface area contributed by atoms with Crippen LogP contribution in [0.2, 0.25) is 0 Å². The fraction of sp³-hybridized carbons (Fsp3) is 0.538. The third-order valence-corrected chi connectivity index (χ3v) is 5.37. The average molecular weight is 316 g/mol. The van der Waals surface area contributed by atoms with E-state index >= 15 is 0 Å². The Hall–Kier alpha value is -1.51. The summed E-state index contributed by atoms with van der Waals surface area (Å²) in [6, 6.07) is 2.72. The van der Waals surface area contributed by atoms with Gasteiger partial charge in [-0.05, 0) is 25.3 Å². The molecule has 1 aromatic carbocycles. The molecular weight excluding hydrogens is 296 g/mol. The van der Waals surface area contributed by atoms with E-state index in [9.17, 15) is 13.5 Å². The first-order chi connectivity index (χ1) is 9.87. The van der Waals surface area contributed by atoms with E-state index in [-0.39, 0.29) is 22.9 Å². The van der Waals surface area contributed by atoms with Crippen LogP contribution < -0.4 is 19.9 Å². The Kier molecular flexibility index (Phi) is 4.31. The van der Waals surface area contributed by atoms with Crippen molar-refractivity contribution in [2.45, 2.75) is 29.7 Å². The molecule has 0 heterocycles. The van der Waals surface area contributed by atoms with E-state index in [1.165, 1.54) is 26.4 Å². The van der Waals surface area contributed by atoms with E-state index < -0.39 is 15.6 Å². The van der Waals surface area contributed by atoms with Gasteiger partial charge in [0.1, 0.15) is 16.4 Å². The Morgan fingerprint density at radius 2 is 1.90 bits per heavy atom. The molecular formula is C13H20N2O5S. The minimum atomic E-state index is -3.85. The number of ether oxygens (including phenoxy) is 2. The van der Waals surface area contributed by atoms with Gasteiger partial charge in [0.15, 0.2) is 0 Å². The lowest BCUT2D eigenvalue weighted by atomic mass is 9.78. The monoisotopic (exact) mass is 316 g/mol. The maximum Gasteiger partial charge on any atom is 0.244 e. The lowest BCUT2D eigenvalue weighted by Gasteiger charge is -2.40. The lowest BCUT2D eigenvalue weighted by molar-refractivity contribution is 0.110. The number of nitrogens with two attached hydrogens (primary N) is 1. The van der Waals surface area contributed by atoms with Crippen LogP contribution in [0.4, 0.5) is 5.69 Å². The van der Waals surface area contributed by atoms with E-state index in [4.69, 9.17) is 15.2 Å².